The van der Waals surface area contributed by atoms with Gasteiger partial charge in [-0.3, -0.25) is 4.79 Å². The molecule has 23 heavy (non-hydrogen) atoms. The Bertz CT molecular complexity index is 732. The van der Waals surface area contributed by atoms with Crippen LogP contribution in [0.2, 0.25) is 0 Å². The molecule has 0 unspecified atom stereocenters. The summed E-state index contributed by atoms with van der Waals surface area (Å²) in [5, 5.41) is 6.91. The minimum Gasteiger partial charge on any atom is -0.493 e. The molecule has 1 atom stereocenters. The van der Waals surface area contributed by atoms with Crippen LogP contribution in [0.5, 0.6) is 11.5 Å². The van der Waals surface area contributed by atoms with Crippen molar-refractivity contribution in [2.75, 3.05) is 14.2 Å². The van der Waals surface area contributed by atoms with Crippen LogP contribution >= 0.6 is 0 Å². The molecule has 122 valence electrons. The number of nitrogens with one attached hydrogen (secondary N) is 1. The van der Waals surface area contributed by atoms with Gasteiger partial charge in [0.05, 0.1) is 26.0 Å². The highest BCUT2D eigenvalue weighted by molar-refractivity contribution is 5.96. The number of aryl methyl sites for hydroxylation is 3. The average Bonchev–Trinajstić information content (AvgIpc) is 3.09. The Balaban J connectivity index is 1.87. The Kier molecular flexibility index (Phi) is 3.98. The second kappa shape index (κ2) is 5.95. The fourth-order valence-corrected chi connectivity index (χ4v) is 3.12. The zero-order valence-electron chi connectivity index (χ0n) is 13.7. The first-order valence-corrected chi connectivity index (χ1v) is 7.53. The molecule has 1 amide bonds. The van der Waals surface area contributed by atoms with Crippen molar-refractivity contribution in [2.45, 2.75) is 32.7 Å². The van der Waals surface area contributed by atoms with E-state index in [1.54, 1.807) is 28.1 Å². The van der Waals surface area contributed by atoms with E-state index in [2.05, 4.69) is 10.5 Å². The zero-order chi connectivity index (χ0) is 16.6. The molecular formula is C17H20N2O4. The largest absolute Gasteiger partial charge is 0.493 e. The summed E-state index contributed by atoms with van der Waals surface area (Å²) in [4.78, 5) is 12.5. The van der Waals surface area contributed by atoms with Crippen LogP contribution in [0.4, 0.5) is 0 Å². The molecule has 1 aromatic carbocycles. The minimum atomic E-state index is -0.158. The fraction of sp³-hybridized carbons (Fsp3) is 0.412. The Morgan fingerprint density at radius 3 is 2.57 bits per heavy atom. The molecule has 3 rings (SSSR count). The third kappa shape index (κ3) is 2.65. The molecule has 0 spiro atoms. The summed E-state index contributed by atoms with van der Waals surface area (Å²) in [6, 6.07) is 3.88. The van der Waals surface area contributed by atoms with Crippen molar-refractivity contribution in [3.8, 4) is 11.5 Å². The minimum absolute atomic E-state index is 0.0500. The van der Waals surface area contributed by atoms with Crippen LogP contribution < -0.4 is 14.8 Å². The van der Waals surface area contributed by atoms with Crippen molar-refractivity contribution in [1.29, 1.82) is 0 Å². The van der Waals surface area contributed by atoms with Gasteiger partial charge in [0.25, 0.3) is 5.91 Å². The van der Waals surface area contributed by atoms with E-state index < -0.39 is 0 Å². The number of fused-ring (bicyclic) bond motifs is 1. The number of methoxy groups -OCH3 is 2. The molecule has 0 fully saturated rings. The Morgan fingerprint density at radius 1 is 1.26 bits per heavy atom. The number of hydrogen-bond acceptors (Lipinski definition) is 5. The van der Waals surface area contributed by atoms with Gasteiger partial charge in [-0.2, -0.15) is 0 Å². The van der Waals surface area contributed by atoms with Gasteiger partial charge in [0.2, 0.25) is 0 Å². The van der Waals surface area contributed by atoms with E-state index in [1.807, 2.05) is 12.1 Å². The second-order valence-electron chi connectivity index (χ2n) is 5.67. The highest BCUT2D eigenvalue weighted by Crippen LogP contribution is 2.39. The maximum atomic E-state index is 12.5. The van der Waals surface area contributed by atoms with Crippen molar-refractivity contribution in [3.05, 3.63) is 40.3 Å². The topological polar surface area (TPSA) is 73.6 Å². The summed E-state index contributed by atoms with van der Waals surface area (Å²) in [6.45, 7) is 3.51. The predicted molar refractivity (Wildman–Crippen MR) is 84.1 cm³/mol. The van der Waals surface area contributed by atoms with Crippen molar-refractivity contribution in [2.24, 2.45) is 0 Å². The number of amides is 1. The molecular weight excluding hydrogens is 296 g/mol. The van der Waals surface area contributed by atoms with Crippen LogP contribution in [0.25, 0.3) is 0 Å². The molecule has 6 nitrogen and oxygen atoms in total. The molecule has 1 aliphatic carbocycles. The van der Waals surface area contributed by atoms with E-state index in [0.717, 1.165) is 18.4 Å². The number of benzene rings is 1. The van der Waals surface area contributed by atoms with Crippen LogP contribution in [0, 0.1) is 13.8 Å². The molecule has 6 heteroatoms. The molecule has 0 bridgehead atoms. The van der Waals surface area contributed by atoms with E-state index in [1.165, 1.54) is 5.56 Å². The molecule has 1 N–H and O–H groups in total. The summed E-state index contributed by atoms with van der Waals surface area (Å²) < 4.78 is 15.8. The lowest BCUT2D eigenvalue weighted by molar-refractivity contribution is 0.0934. The molecule has 0 aliphatic heterocycles. The van der Waals surface area contributed by atoms with Gasteiger partial charge in [0.15, 0.2) is 11.5 Å². The van der Waals surface area contributed by atoms with Crippen LogP contribution in [-0.2, 0) is 6.42 Å². The Labute approximate surface area is 134 Å². The third-order valence-corrected chi connectivity index (χ3v) is 4.29. The summed E-state index contributed by atoms with van der Waals surface area (Å²) in [6.07, 6.45) is 1.74. The number of ether oxygens (including phenoxy) is 2. The van der Waals surface area contributed by atoms with E-state index in [9.17, 15) is 4.79 Å². The standard InChI is InChI=1S/C17H20N2O4/c1-9-16(10(2)23-19-9)17(20)18-13-6-5-11-7-14(21-3)15(22-4)8-12(11)13/h7-8,13H,5-6H2,1-4H3,(H,18,20)/t13-/m1/s1. The summed E-state index contributed by atoms with van der Waals surface area (Å²) >= 11 is 0. The van der Waals surface area contributed by atoms with Gasteiger partial charge in [0.1, 0.15) is 11.3 Å². The van der Waals surface area contributed by atoms with Gasteiger partial charge in [-0.1, -0.05) is 5.16 Å². The number of carbonyl (C=O) groups is 1. The van der Waals surface area contributed by atoms with Gasteiger partial charge in [-0.15, -0.1) is 0 Å². The second-order valence-corrected chi connectivity index (χ2v) is 5.67. The number of aromatic nitrogens is 1. The van der Waals surface area contributed by atoms with Crippen molar-refractivity contribution in [3.63, 3.8) is 0 Å². The summed E-state index contributed by atoms with van der Waals surface area (Å²) in [7, 11) is 3.23. The average molecular weight is 316 g/mol. The van der Waals surface area contributed by atoms with Crippen molar-refractivity contribution < 1.29 is 18.8 Å². The Morgan fingerprint density at radius 2 is 1.96 bits per heavy atom. The number of carbonyl (C=O) groups excluding carboxylic acids is 1. The summed E-state index contributed by atoms with van der Waals surface area (Å²) in [5.41, 5.74) is 3.36. The van der Waals surface area contributed by atoms with Crippen molar-refractivity contribution >= 4 is 5.91 Å². The van der Waals surface area contributed by atoms with Crippen LogP contribution in [0.3, 0.4) is 0 Å². The lowest BCUT2D eigenvalue weighted by Gasteiger charge is -2.16. The molecule has 1 aliphatic rings. The molecule has 1 aromatic heterocycles. The van der Waals surface area contributed by atoms with Crippen LogP contribution in [0.1, 0.15) is 45.4 Å². The van der Waals surface area contributed by atoms with Gasteiger partial charge in [-0.05, 0) is 49.9 Å². The highest BCUT2D eigenvalue weighted by Gasteiger charge is 2.28. The number of nitrogens with zero attached hydrogens (tertiary/aromatic N) is 1. The van der Waals surface area contributed by atoms with Gasteiger partial charge in [0, 0.05) is 0 Å². The first-order valence-electron chi connectivity index (χ1n) is 7.53. The van der Waals surface area contributed by atoms with Crippen LogP contribution in [-0.4, -0.2) is 25.3 Å². The molecule has 0 saturated heterocycles. The number of hydrogen-bond donors (Lipinski definition) is 1. The van der Waals surface area contributed by atoms with Gasteiger partial charge in [-0.25, -0.2) is 0 Å². The highest BCUT2D eigenvalue weighted by atomic mass is 16.5. The monoisotopic (exact) mass is 316 g/mol. The maximum Gasteiger partial charge on any atom is 0.257 e. The van der Waals surface area contributed by atoms with Crippen LogP contribution in [0.15, 0.2) is 16.7 Å². The molecule has 0 saturated carbocycles. The first kappa shape index (κ1) is 15.4. The maximum absolute atomic E-state index is 12.5. The fourth-order valence-electron chi connectivity index (χ4n) is 3.12. The molecule has 0 radical (unpaired) electrons. The first-order chi connectivity index (χ1) is 11.0. The van der Waals surface area contributed by atoms with Crippen molar-refractivity contribution in [1.82, 2.24) is 10.5 Å². The normalized spacial score (nSPS) is 16.1. The van der Waals surface area contributed by atoms with E-state index in [0.29, 0.717) is 28.5 Å². The summed E-state index contributed by atoms with van der Waals surface area (Å²) in [5.74, 6) is 1.76. The van der Waals surface area contributed by atoms with E-state index in [-0.39, 0.29) is 11.9 Å². The molecule has 2 aromatic rings. The van der Waals surface area contributed by atoms with E-state index in [4.69, 9.17) is 14.0 Å². The predicted octanol–water partition coefficient (Wildman–Crippen LogP) is 2.73. The SMILES string of the molecule is COc1cc2c(cc1OC)[C@H](NC(=O)c1c(C)noc1C)CC2. The Hall–Kier alpha value is -2.50. The lowest BCUT2D eigenvalue weighted by Crippen LogP contribution is -2.28. The van der Waals surface area contributed by atoms with E-state index >= 15 is 0 Å². The third-order valence-electron chi connectivity index (χ3n) is 4.29. The van der Waals surface area contributed by atoms with Gasteiger partial charge >= 0.3 is 0 Å². The smallest absolute Gasteiger partial charge is 0.257 e. The lowest BCUT2D eigenvalue weighted by atomic mass is 10.1. The quantitative estimate of drug-likeness (QED) is 0.939. The molecule has 1 heterocycles. The number of rotatable bonds is 4. The van der Waals surface area contributed by atoms with Gasteiger partial charge < -0.3 is 19.3 Å². The zero-order valence-corrected chi connectivity index (χ0v) is 13.7.